The van der Waals surface area contributed by atoms with E-state index in [2.05, 4.69) is 19.2 Å². The fraction of sp³-hybridized carbons (Fsp3) is 0.533. The number of nitriles is 1. The van der Waals surface area contributed by atoms with Gasteiger partial charge in [-0.1, -0.05) is 26.3 Å². The normalized spacial score (nSPS) is 25.1. The van der Waals surface area contributed by atoms with E-state index in [9.17, 15) is 10.1 Å². The third-order valence-corrected chi connectivity index (χ3v) is 4.43. The van der Waals surface area contributed by atoms with Gasteiger partial charge < -0.3 is 5.32 Å². The van der Waals surface area contributed by atoms with Crippen molar-refractivity contribution in [2.45, 2.75) is 39.2 Å². The average Bonchev–Trinajstić information content (AvgIpc) is 2.79. The molecule has 1 aliphatic rings. The van der Waals surface area contributed by atoms with Crippen LogP contribution in [0.15, 0.2) is 18.2 Å². The summed E-state index contributed by atoms with van der Waals surface area (Å²) in [4.78, 5) is 10.7. The number of anilines is 1. The van der Waals surface area contributed by atoms with E-state index < -0.39 is 4.92 Å². The van der Waals surface area contributed by atoms with Crippen LogP contribution in [0.25, 0.3) is 0 Å². The van der Waals surface area contributed by atoms with E-state index in [-0.39, 0.29) is 17.3 Å². The molecule has 0 radical (unpaired) electrons. The quantitative estimate of drug-likeness (QED) is 0.670. The zero-order valence-corrected chi connectivity index (χ0v) is 11.8. The minimum absolute atomic E-state index is 0.109. The Balaban J connectivity index is 2.27. The zero-order valence-electron chi connectivity index (χ0n) is 11.8. The van der Waals surface area contributed by atoms with Crippen molar-refractivity contribution in [3.05, 3.63) is 33.9 Å². The summed E-state index contributed by atoms with van der Waals surface area (Å²) in [6.45, 7) is 4.38. The van der Waals surface area contributed by atoms with Crippen molar-refractivity contribution in [1.29, 1.82) is 5.26 Å². The Labute approximate surface area is 118 Å². The summed E-state index contributed by atoms with van der Waals surface area (Å²) in [5.41, 5.74) is 0.461. The van der Waals surface area contributed by atoms with Gasteiger partial charge in [-0.15, -0.1) is 0 Å². The van der Waals surface area contributed by atoms with E-state index in [1.807, 2.05) is 6.07 Å². The highest BCUT2D eigenvalue weighted by atomic mass is 16.6. The third-order valence-electron chi connectivity index (χ3n) is 4.43. The smallest absolute Gasteiger partial charge is 0.309 e. The van der Waals surface area contributed by atoms with Crippen LogP contribution in [0.1, 0.15) is 38.7 Å². The van der Waals surface area contributed by atoms with Gasteiger partial charge in [0.25, 0.3) is 0 Å². The average molecular weight is 273 g/mol. The summed E-state index contributed by atoms with van der Waals surface area (Å²) in [7, 11) is 0. The van der Waals surface area contributed by atoms with Gasteiger partial charge in [-0.2, -0.15) is 5.26 Å². The summed E-state index contributed by atoms with van der Waals surface area (Å²) in [5, 5.41) is 23.5. The minimum atomic E-state index is -0.474. The first-order valence-electron chi connectivity index (χ1n) is 7.02. The number of nitro groups is 1. The summed E-state index contributed by atoms with van der Waals surface area (Å²) in [6.07, 6.45) is 3.31. The van der Waals surface area contributed by atoms with Gasteiger partial charge in [0.05, 0.1) is 4.92 Å². The molecule has 3 unspecified atom stereocenters. The Hall–Kier alpha value is -2.09. The molecule has 0 bridgehead atoms. The molecule has 0 aromatic heterocycles. The second kappa shape index (κ2) is 5.91. The fourth-order valence-electron chi connectivity index (χ4n) is 3.17. The topological polar surface area (TPSA) is 79.0 Å². The molecule has 2 rings (SSSR count). The van der Waals surface area contributed by atoms with Crippen LogP contribution < -0.4 is 5.32 Å². The molecule has 0 aliphatic heterocycles. The van der Waals surface area contributed by atoms with E-state index in [0.29, 0.717) is 17.5 Å². The molecular formula is C15H19N3O2. The molecule has 1 fully saturated rings. The Morgan fingerprint density at radius 1 is 1.50 bits per heavy atom. The van der Waals surface area contributed by atoms with Crippen molar-refractivity contribution in [2.75, 3.05) is 5.32 Å². The third kappa shape index (κ3) is 2.60. The highest BCUT2D eigenvalue weighted by Gasteiger charge is 2.33. The Morgan fingerprint density at radius 3 is 2.80 bits per heavy atom. The van der Waals surface area contributed by atoms with Gasteiger partial charge in [0, 0.05) is 6.04 Å². The molecule has 0 spiro atoms. The van der Waals surface area contributed by atoms with Crippen LogP contribution in [-0.2, 0) is 0 Å². The number of rotatable bonds is 4. The maximum Gasteiger partial charge on any atom is 0.309 e. The maximum absolute atomic E-state index is 11.2. The van der Waals surface area contributed by atoms with Gasteiger partial charge >= 0.3 is 5.69 Å². The molecule has 1 aromatic rings. The number of nitro benzene ring substituents is 1. The predicted molar refractivity (Wildman–Crippen MR) is 77.4 cm³/mol. The maximum atomic E-state index is 11.2. The molecular weight excluding hydrogens is 254 g/mol. The lowest BCUT2D eigenvalue weighted by atomic mass is 9.93. The molecule has 1 saturated carbocycles. The van der Waals surface area contributed by atoms with Gasteiger partial charge in [-0.3, -0.25) is 10.1 Å². The summed E-state index contributed by atoms with van der Waals surface area (Å²) < 4.78 is 0. The van der Waals surface area contributed by atoms with Crippen LogP contribution in [0.5, 0.6) is 0 Å². The summed E-state index contributed by atoms with van der Waals surface area (Å²) in [6, 6.07) is 6.99. The zero-order chi connectivity index (χ0) is 14.7. The molecule has 20 heavy (non-hydrogen) atoms. The van der Waals surface area contributed by atoms with Crippen LogP contribution in [0.2, 0.25) is 0 Å². The second-order valence-electron chi connectivity index (χ2n) is 5.43. The van der Waals surface area contributed by atoms with Gasteiger partial charge in [-0.05, 0) is 36.8 Å². The lowest BCUT2D eigenvalue weighted by molar-refractivity contribution is -0.384. The highest BCUT2D eigenvalue weighted by Crippen LogP contribution is 2.37. The Bertz CT molecular complexity index is 551. The molecule has 106 valence electrons. The number of benzene rings is 1. The van der Waals surface area contributed by atoms with Gasteiger partial charge in [0.2, 0.25) is 0 Å². The largest absolute Gasteiger partial charge is 0.376 e. The lowest BCUT2D eigenvalue weighted by Crippen LogP contribution is -2.25. The van der Waals surface area contributed by atoms with Crippen molar-refractivity contribution < 1.29 is 4.92 Å². The first-order chi connectivity index (χ1) is 9.58. The van der Waals surface area contributed by atoms with Crippen LogP contribution >= 0.6 is 0 Å². The first-order valence-corrected chi connectivity index (χ1v) is 7.02. The van der Waals surface area contributed by atoms with Gasteiger partial charge in [0.1, 0.15) is 17.3 Å². The first kappa shape index (κ1) is 14.3. The lowest BCUT2D eigenvalue weighted by Gasteiger charge is -2.22. The van der Waals surface area contributed by atoms with Crippen molar-refractivity contribution in [3.8, 4) is 6.07 Å². The monoisotopic (exact) mass is 273 g/mol. The second-order valence-corrected chi connectivity index (χ2v) is 5.43. The molecule has 1 aliphatic carbocycles. The number of nitrogens with zero attached hydrogens (tertiary/aromatic N) is 2. The highest BCUT2D eigenvalue weighted by molar-refractivity contribution is 5.68. The number of hydrogen-bond acceptors (Lipinski definition) is 4. The molecule has 0 heterocycles. The van der Waals surface area contributed by atoms with Crippen molar-refractivity contribution >= 4 is 11.4 Å². The molecule has 5 heteroatoms. The van der Waals surface area contributed by atoms with Crippen molar-refractivity contribution in [2.24, 2.45) is 11.8 Å². The molecule has 0 saturated heterocycles. The molecule has 0 amide bonds. The molecule has 1 N–H and O–H groups in total. The summed E-state index contributed by atoms with van der Waals surface area (Å²) in [5.74, 6) is 1.16. The standard InChI is InChI=1S/C15H19N3O2/c1-3-11-7-8-13(10(11)2)17-14-6-4-5-12(9-16)15(14)18(19)20/h4-6,10-11,13,17H,3,7-8H2,1-2H3. The minimum Gasteiger partial charge on any atom is -0.376 e. The van der Waals surface area contributed by atoms with Crippen LogP contribution in [0.4, 0.5) is 11.4 Å². The number of para-hydroxylation sites is 1. The van der Waals surface area contributed by atoms with Gasteiger partial charge in [0.15, 0.2) is 0 Å². The SMILES string of the molecule is CCC1CCC(Nc2cccc(C#N)c2[N+](=O)[O-])C1C. The van der Waals surface area contributed by atoms with Gasteiger partial charge in [-0.25, -0.2) is 0 Å². The van der Waals surface area contributed by atoms with E-state index in [1.165, 1.54) is 6.07 Å². The summed E-state index contributed by atoms with van der Waals surface area (Å²) >= 11 is 0. The fourth-order valence-corrected chi connectivity index (χ4v) is 3.17. The Morgan fingerprint density at radius 2 is 2.25 bits per heavy atom. The van der Waals surface area contributed by atoms with E-state index >= 15 is 0 Å². The van der Waals surface area contributed by atoms with Crippen molar-refractivity contribution in [1.82, 2.24) is 0 Å². The van der Waals surface area contributed by atoms with E-state index in [4.69, 9.17) is 5.26 Å². The number of hydrogen-bond donors (Lipinski definition) is 1. The van der Waals surface area contributed by atoms with Crippen molar-refractivity contribution in [3.63, 3.8) is 0 Å². The van der Waals surface area contributed by atoms with E-state index in [0.717, 1.165) is 19.3 Å². The predicted octanol–water partition coefficient (Wildman–Crippen LogP) is 3.70. The molecule has 3 atom stereocenters. The molecule has 1 aromatic carbocycles. The number of nitrogens with one attached hydrogen (secondary N) is 1. The van der Waals surface area contributed by atoms with E-state index in [1.54, 1.807) is 12.1 Å². The van der Waals surface area contributed by atoms with Crippen LogP contribution in [0.3, 0.4) is 0 Å². The van der Waals surface area contributed by atoms with Crippen LogP contribution in [-0.4, -0.2) is 11.0 Å². The Kier molecular flexibility index (Phi) is 4.23. The van der Waals surface area contributed by atoms with Crippen LogP contribution in [0, 0.1) is 33.3 Å². The molecule has 5 nitrogen and oxygen atoms in total.